The number of anilines is 1. The second-order valence-corrected chi connectivity index (χ2v) is 4.45. The summed E-state index contributed by atoms with van der Waals surface area (Å²) >= 11 is 0. The molecule has 0 bridgehead atoms. The Kier molecular flexibility index (Phi) is 2.09. The highest BCUT2D eigenvalue weighted by Crippen LogP contribution is 2.27. The molecular formula is C11H16N4. The fourth-order valence-corrected chi connectivity index (χ4v) is 2.26. The highest BCUT2D eigenvalue weighted by Gasteiger charge is 2.24. The van der Waals surface area contributed by atoms with Gasteiger partial charge in [0.15, 0.2) is 0 Å². The molecule has 0 spiro atoms. The molecule has 0 N–H and O–H groups in total. The van der Waals surface area contributed by atoms with Crippen LogP contribution in [0.5, 0.6) is 0 Å². The van der Waals surface area contributed by atoms with E-state index in [0.717, 1.165) is 32.6 Å². The lowest BCUT2D eigenvalue weighted by Crippen LogP contribution is -2.40. The average molecular weight is 204 g/mol. The van der Waals surface area contributed by atoms with Gasteiger partial charge in [-0.2, -0.15) is 0 Å². The van der Waals surface area contributed by atoms with Gasteiger partial charge in [-0.3, -0.25) is 0 Å². The van der Waals surface area contributed by atoms with Crippen LogP contribution in [0.15, 0.2) is 6.33 Å². The van der Waals surface area contributed by atoms with E-state index in [9.17, 15) is 0 Å². The number of nitrogens with zero attached hydrogens (tertiary/aromatic N) is 4. The van der Waals surface area contributed by atoms with Crippen molar-refractivity contribution >= 4 is 5.82 Å². The van der Waals surface area contributed by atoms with E-state index >= 15 is 0 Å². The molecule has 2 aliphatic rings. The number of rotatable bonds is 1. The lowest BCUT2D eigenvalue weighted by molar-refractivity contribution is 0.308. The van der Waals surface area contributed by atoms with Crippen LogP contribution in [0.1, 0.15) is 17.7 Å². The highest BCUT2D eigenvalue weighted by molar-refractivity contribution is 5.50. The lowest BCUT2D eigenvalue weighted by Gasteiger charge is -2.35. The second-order valence-electron chi connectivity index (χ2n) is 4.45. The summed E-state index contributed by atoms with van der Waals surface area (Å²) in [6.07, 6.45) is 4.08. The molecule has 0 saturated carbocycles. The fraction of sp³-hybridized carbons (Fsp3) is 0.636. The van der Waals surface area contributed by atoms with E-state index in [-0.39, 0.29) is 0 Å². The topological polar surface area (TPSA) is 32.3 Å². The molecule has 15 heavy (non-hydrogen) atoms. The van der Waals surface area contributed by atoms with Crippen LogP contribution in [0, 0.1) is 0 Å². The van der Waals surface area contributed by atoms with E-state index in [0.29, 0.717) is 0 Å². The van der Waals surface area contributed by atoms with Crippen LogP contribution < -0.4 is 4.90 Å². The van der Waals surface area contributed by atoms with Crippen molar-refractivity contribution in [2.24, 2.45) is 0 Å². The molecule has 0 atom stereocenters. The van der Waals surface area contributed by atoms with Crippen LogP contribution in [0.2, 0.25) is 0 Å². The zero-order chi connectivity index (χ0) is 10.3. The molecule has 4 heteroatoms. The number of fused-ring (bicyclic) bond motifs is 1. The monoisotopic (exact) mass is 204 g/mol. The summed E-state index contributed by atoms with van der Waals surface area (Å²) in [6, 6.07) is 0. The van der Waals surface area contributed by atoms with E-state index < -0.39 is 0 Å². The molecule has 4 nitrogen and oxygen atoms in total. The third-order valence-corrected chi connectivity index (χ3v) is 3.33. The van der Waals surface area contributed by atoms with Gasteiger partial charge in [-0.25, -0.2) is 9.97 Å². The first-order chi connectivity index (χ1) is 7.34. The number of aromatic nitrogens is 2. The first-order valence-corrected chi connectivity index (χ1v) is 5.61. The van der Waals surface area contributed by atoms with E-state index in [1.165, 1.54) is 23.5 Å². The predicted molar refractivity (Wildman–Crippen MR) is 58.9 cm³/mol. The first-order valence-electron chi connectivity index (χ1n) is 5.61. The van der Waals surface area contributed by atoms with Crippen molar-refractivity contribution in [3.05, 3.63) is 17.6 Å². The summed E-state index contributed by atoms with van der Waals surface area (Å²) in [5.41, 5.74) is 2.61. The minimum absolute atomic E-state index is 1.00. The SMILES string of the molecule is CN1CCc2ncnc(N3CCC3)c2C1. The fourth-order valence-electron chi connectivity index (χ4n) is 2.26. The van der Waals surface area contributed by atoms with Gasteiger partial charge in [0.2, 0.25) is 0 Å². The number of hydrogen-bond donors (Lipinski definition) is 0. The minimum Gasteiger partial charge on any atom is -0.356 e. The Balaban J connectivity index is 1.99. The van der Waals surface area contributed by atoms with Crippen molar-refractivity contribution in [3.8, 4) is 0 Å². The Bertz CT molecular complexity index is 373. The van der Waals surface area contributed by atoms with E-state index in [4.69, 9.17) is 0 Å². The zero-order valence-electron chi connectivity index (χ0n) is 9.11. The molecular weight excluding hydrogens is 188 g/mol. The van der Waals surface area contributed by atoms with Gasteiger partial charge in [-0.05, 0) is 13.5 Å². The summed E-state index contributed by atoms with van der Waals surface area (Å²) < 4.78 is 0. The van der Waals surface area contributed by atoms with Crippen LogP contribution in [-0.2, 0) is 13.0 Å². The van der Waals surface area contributed by atoms with Crippen LogP contribution in [0.3, 0.4) is 0 Å². The molecule has 3 rings (SSSR count). The summed E-state index contributed by atoms with van der Waals surface area (Å²) in [7, 11) is 2.16. The maximum absolute atomic E-state index is 4.44. The third-order valence-electron chi connectivity index (χ3n) is 3.33. The van der Waals surface area contributed by atoms with Crippen molar-refractivity contribution in [3.63, 3.8) is 0 Å². The molecule has 1 aromatic rings. The Hall–Kier alpha value is -1.16. The van der Waals surface area contributed by atoms with Gasteiger partial charge in [0.1, 0.15) is 12.1 Å². The first kappa shape index (κ1) is 9.09. The van der Waals surface area contributed by atoms with Gasteiger partial charge in [0.25, 0.3) is 0 Å². The van der Waals surface area contributed by atoms with Crippen molar-refractivity contribution in [2.45, 2.75) is 19.4 Å². The molecule has 2 aliphatic heterocycles. The smallest absolute Gasteiger partial charge is 0.136 e. The van der Waals surface area contributed by atoms with Gasteiger partial charge in [0.05, 0.1) is 5.69 Å². The average Bonchev–Trinajstić information content (AvgIpc) is 2.16. The van der Waals surface area contributed by atoms with Crippen molar-refractivity contribution in [2.75, 3.05) is 31.6 Å². The van der Waals surface area contributed by atoms with Crippen LogP contribution in [0.25, 0.3) is 0 Å². The number of likely N-dealkylation sites (N-methyl/N-ethyl adjacent to an activating group) is 1. The van der Waals surface area contributed by atoms with Gasteiger partial charge in [-0.1, -0.05) is 0 Å². The molecule has 1 aromatic heterocycles. The maximum atomic E-state index is 4.44. The molecule has 80 valence electrons. The molecule has 0 aliphatic carbocycles. The van der Waals surface area contributed by atoms with E-state index in [1.807, 2.05) is 0 Å². The second kappa shape index (κ2) is 3.45. The van der Waals surface area contributed by atoms with Crippen molar-refractivity contribution in [1.82, 2.24) is 14.9 Å². The standard InChI is InChI=1S/C11H16N4/c1-14-6-3-10-9(7-14)11(13-8-12-10)15-4-2-5-15/h8H,2-7H2,1H3. The van der Waals surface area contributed by atoms with E-state index in [1.54, 1.807) is 6.33 Å². The van der Waals surface area contributed by atoms with Crippen LogP contribution in [0.4, 0.5) is 5.82 Å². The molecule has 0 unspecified atom stereocenters. The van der Waals surface area contributed by atoms with Crippen molar-refractivity contribution < 1.29 is 0 Å². The molecule has 0 aromatic carbocycles. The quantitative estimate of drug-likeness (QED) is 0.673. The highest BCUT2D eigenvalue weighted by atomic mass is 15.2. The Morgan fingerprint density at radius 3 is 2.80 bits per heavy atom. The summed E-state index contributed by atoms with van der Waals surface area (Å²) in [5.74, 6) is 1.18. The van der Waals surface area contributed by atoms with Gasteiger partial charge < -0.3 is 9.80 Å². The summed E-state index contributed by atoms with van der Waals surface area (Å²) in [6.45, 7) is 4.44. The zero-order valence-corrected chi connectivity index (χ0v) is 9.11. The minimum atomic E-state index is 1.00. The third kappa shape index (κ3) is 1.49. The Morgan fingerprint density at radius 2 is 2.07 bits per heavy atom. The van der Waals surface area contributed by atoms with Crippen molar-refractivity contribution in [1.29, 1.82) is 0 Å². The van der Waals surface area contributed by atoms with Gasteiger partial charge in [-0.15, -0.1) is 0 Å². The Labute approximate surface area is 89.9 Å². The summed E-state index contributed by atoms with van der Waals surface area (Å²) in [5, 5.41) is 0. The largest absolute Gasteiger partial charge is 0.356 e. The molecule has 1 saturated heterocycles. The van der Waals surface area contributed by atoms with E-state index in [2.05, 4.69) is 26.8 Å². The van der Waals surface area contributed by atoms with Gasteiger partial charge >= 0.3 is 0 Å². The van der Waals surface area contributed by atoms with Crippen LogP contribution in [-0.4, -0.2) is 41.5 Å². The molecule has 3 heterocycles. The van der Waals surface area contributed by atoms with Crippen LogP contribution >= 0.6 is 0 Å². The van der Waals surface area contributed by atoms with Gasteiger partial charge in [0, 0.05) is 38.2 Å². The Morgan fingerprint density at radius 1 is 1.20 bits per heavy atom. The predicted octanol–water partition coefficient (Wildman–Crippen LogP) is 0.675. The maximum Gasteiger partial charge on any atom is 0.136 e. The molecule has 0 amide bonds. The summed E-state index contributed by atoms with van der Waals surface area (Å²) in [4.78, 5) is 13.5. The molecule has 0 radical (unpaired) electrons. The molecule has 1 fully saturated rings. The normalized spacial score (nSPS) is 21.0. The number of hydrogen-bond acceptors (Lipinski definition) is 4. The lowest BCUT2D eigenvalue weighted by atomic mass is 10.0.